The molecule has 2 atom stereocenters. The van der Waals surface area contributed by atoms with Crippen molar-refractivity contribution in [1.82, 2.24) is 5.32 Å². The van der Waals surface area contributed by atoms with Crippen molar-refractivity contribution < 1.29 is 19.2 Å². The molecule has 0 bridgehead atoms. The lowest BCUT2D eigenvalue weighted by molar-refractivity contribution is -0.894. The number of anilines is 1. The molecule has 2 aromatic carbocycles. The third kappa shape index (κ3) is 5.31. The van der Waals surface area contributed by atoms with Crippen LogP contribution in [0, 0.1) is 0 Å². The third-order valence-electron chi connectivity index (χ3n) is 4.61. The molecule has 6 nitrogen and oxygen atoms in total. The van der Waals surface area contributed by atoms with Crippen molar-refractivity contribution in [3.63, 3.8) is 0 Å². The number of hydrogen-bond acceptors (Lipinski definition) is 3. The zero-order valence-corrected chi connectivity index (χ0v) is 15.7. The van der Waals surface area contributed by atoms with E-state index < -0.39 is 6.04 Å². The maximum Gasteiger partial charge on any atom is 0.287 e. The van der Waals surface area contributed by atoms with Crippen LogP contribution in [0.2, 0.25) is 0 Å². The van der Waals surface area contributed by atoms with Crippen LogP contribution in [0.5, 0.6) is 5.75 Å². The molecule has 1 saturated carbocycles. The lowest BCUT2D eigenvalue weighted by Gasteiger charge is -2.24. The number of likely N-dealkylation sites (N-methyl/N-ethyl adjacent to an activating group) is 1. The molecule has 0 radical (unpaired) electrons. The number of hydrogen-bond donors (Lipinski definition) is 3. The van der Waals surface area contributed by atoms with E-state index in [1.165, 1.54) is 0 Å². The van der Waals surface area contributed by atoms with Gasteiger partial charge in [0, 0.05) is 23.4 Å². The molecule has 142 valence electrons. The predicted molar refractivity (Wildman–Crippen MR) is 104 cm³/mol. The zero-order chi connectivity index (χ0) is 19.2. The minimum Gasteiger partial charge on any atom is -0.497 e. The number of methoxy groups -OCH3 is 1. The van der Waals surface area contributed by atoms with Crippen LogP contribution in [-0.2, 0) is 9.59 Å². The van der Waals surface area contributed by atoms with Gasteiger partial charge in [-0.15, -0.1) is 0 Å². The number of carbonyl (C=O) groups excluding carboxylic acids is 2. The molecule has 0 spiro atoms. The first-order valence-electron chi connectivity index (χ1n) is 9.18. The Morgan fingerprint density at radius 2 is 1.89 bits per heavy atom. The number of rotatable bonds is 8. The van der Waals surface area contributed by atoms with Crippen LogP contribution in [0.1, 0.15) is 24.4 Å². The SMILES string of the molecule is COc1cccc(NC(=O)[C@@H](c2ccccc2)[NH+](C)CC(=O)NC2CC2)c1. The monoisotopic (exact) mass is 368 g/mol. The van der Waals surface area contributed by atoms with Crippen molar-refractivity contribution in [2.45, 2.75) is 24.9 Å². The van der Waals surface area contributed by atoms with Gasteiger partial charge in [-0.3, -0.25) is 9.59 Å². The molecule has 1 unspecified atom stereocenters. The number of carbonyl (C=O) groups is 2. The summed E-state index contributed by atoms with van der Waals surface area (Å²) in [6, 6.07) is 16.6. The average Bonchev–Trinajstić information content (AvgIpc) is 3.46. The summed E-state index contributed by atoms with van der Waals surface area (Å²) in [7, 11) is 3.46. The summed E-state index contributed by atoms with van der Waals surface area (Å²) in [5.74, 6) is 0.491. The Morgan fingerprint density at radius 3 is 2.56 bits per heavy atom. The molecule has 2 amide bonds. The van der Waals surface area contributed by atoms with Crippen LogP contribution in [0.25, 0.3) is 0 Å². The Bertz CT molecular complexity index is 790. The fourth-order valence-corrected chi connectivity index (χ4v) is 3.08. The molecule has 1 aliphatic rings. The molecule has 2 aromatic rings. The maximum absolute atomic E-state index is 13.1. The number of ether oxygens (including phenoxy) is 1. The van der Waals surface area contributed by atoms with Crippen molar-refractivity contribution in [3.8, 4) is 5.75 Å². The minimum absolute atomic E-state index is 0.0230. The summed E-state index contributed by atoms with van der Waals surface area (Å²) >= 11 is 0. The lowest BCUT2D eigenvalue weighted by Crippen LogP contribution is -3.11. The summed E-state index contributed by atoms with van der Waals surface area (Å²) in [6.45, 7) is 0.238. The van der Waals surface area contributed by atoms with Crippen LogP contribution < -0.4 is 20.3 Å². The van der Waals surface area contributed by atoms with Gasteiger partial charge in [0.25, 0.3) is 11.8 Å². The average molecular weight is 368 g/mol. The van der Waals surface area contributed by atoms with Gasteiger partial charge < -0.3 is 20.3 Å². The van der Waals surface area contributed by atoms with Gasteiger partial charge in [-0.25, -0.2) is 0 Å². The third-order valence-corrected chi connectivity index (χ3v) is 4.61. The largest absolute Gasteiger partial charge is 0.497 e. The van der Waals surface area contributed by atoms with Crippen molar-refractivity contribution >= 4 is 17.5 Å². The fraction of sp³-hybridized carbons (Fsp3) is 0.333. The van der Waals surface area contributed by atoms with Crippen LogP contribution in [0.15, 0.2) is 54.6 Å². The number of quaternary nitrogens is 1. The van der Waals surface area contributed by atoms with E-state index in [0.29, 0.717) is 17.5 Å². The van der Waals surface area contributed by atoms with Gasteiger partial charge in [0.1, 0.15) is 5.75 Å². The molecular formula is C21H26N3O3+. The normalized spacial score (nSPS) is 15.5. The molecular weight excluding hydrogens is 342 g/mol. The first-order chi connectivity index (χ1) is 13.1. The maximum atomic E-state index is 13.1. The second-order valence-corrected chi connectivity index (χ2v) is 6.93. The van der Waals surface area contributed by atoms with Gasteiger partial charge in [-0.1, -0.05) is 36.4 Å². The summed E-state index contributed by atoms with van der Waals surface area (Å²) < 4.78 is 5.22. The second-order valence-electron chi connectivity index (χ2n) is 6.93. The first-order valence-corrected chi connectivity index (χ1v) is 9.18. The Labute approximate surface area is 159 Å². The van der Waals surface area contributed by atoms with Crippen molar-refractivity contribution in [1.29, 1.82) is 0 Å². The number of benzene rings is 2. The molecule has 0 heterocycles. The van der Waals surface area contributed by atoms with Gasteiger partial charge >= 0.3 is 0 Å². The van der Waals surface area contributed by atoms with Gasteiger partial charge in [-0.2, -0.15) is 0 Å². The van der Waals surface area contributed by atoms with Crippen LogP contribution >= 0.6 is 0 Å². The Balaban J connectivity index is 1.75. The van der Waals surface area contributed by atoms with E-state index in [9.17, 15) is 9.59 Å². The highest BCUT2D eigenvalue weighted by atomic mass is 16.5. The molecule has 0 aliphatic heterocycles. The van der Waals surface area contributed by atoms with Gasteiger partial charge in [-0.05, 0) is 25.0 Å². The summed E-state index contributed by atoms with van der Waals surface area (Å²) in [4.78, 5) is 26.1. The van der Waals surface area contributed by atoms with Crippen molar-refractivity contribution in [3.05, 3.63) is 60.2 Å². The molecule has 1 aliphatic carbocycles. The minimum atomic E-state index is -0.498. The highest BCUT2D eigenvalue weighted by molar-refractivity contribution is 5.95. The highest BCUT2D eigenvalue weighted by Gasteiger charge is 2.32. The predicted octanol–water partition coefficient (Wildman–Crippen LogP) is 1.17. The van der Waals surface area contributed by atoms with E-state index in [1.807, 2.05) is 55.6 Å². The molecule has 27 heavy (non-hydrogen) atoms. The van der Waals surface area contributed by atoms with E-state index >= 15 is 0 Å². The second kappa shape index (κ2) is 8.68. The van der Waals surface area contributed by atoms with Crippen molar-refractivity contribution in [2.24, 2.45) is 0 Å². The summed E-state index contributed by atoms with van der Waals surface area (Å²) in [6.07, 6.45) is 2.09. The highest BCUT2D eigenvalue weighted by Crippen LogP contribution is 2.19. The lowest BCUT2D eigenvalue weighted by atomic mass is 10.0. The molecule has 6 heteroatoms. The van der Waals surface area contributed by atoms with Crippen LogP contribution in [-0.4, -0.2) is 38.6 Å². The molecule has 1 fully saturated rings. The van der Waals surface area contributed by atoms with Gasteiger partial charge in [0.2, 0.25) is 0 Å². The van der Waals surface area contributed by atoms with Crippen LogP contribution in [0.4, 0.5) is 5.69 Å². The molecule has 3 rings (SSSR count). The van der Waals surface area contributed by atoms with Crippen molar-refractivity contribution in [2.75, 3.05) is 26.0 Å². The van der Waals surface area contributed by atoms with E-state index in [1.54, 1.807) is 13.2 Å². The van der Waals surface area contributed by atoms with E-state index in [-0.39, 0.29) is 18.4 Å². The zero-order valence-electron chi connectivity index (χ0n) is 15.7. The quantitative estimate of drug-likeness (QED) is 0.655. The fourth-order valence-electron chi connectivity index (χ4n) is 3.08. The van der Waals surface area contributed by atoms with E-state index in [2.05, 4.69) is 10.6 Å². The summed E-state index contributed by atoms with van der Waals surface area (Å²) in [5, 5.41) is 5.94. The van der Waals surface area contributed by atoms with Crippen LogP contribution in [0.3, 0.4) is 0 Å². The van der Waals surface area contributed by atoms with E-state index in [4.69, 9.17) is 4.74 Å². The topological polar surface area (TPSA) is 71.9 Å². The summed E-state index contributed by atoms with van der Waals surface area (Å²) in [5.41, 5.74) is 1.53. The standard InChI is InChI=1S/C21H25N3O3/c1-24(14-19(25)22-16-11-12-16)20(15-7-4-3-5-8-15)21(26)23-17-9-6-10-18(13-17)27-2/h3-10,13,16,20H,11-12,14H2,1-2H3,(H,22,25)(H,23,26)/p+1/t20-/m1/s1. The first kappa shape index (κ1) is 18.9. The molecule has 0 aromatic heterocycles. The Hall–Kier alpha value is -2.86. The Kier molecular flexibility index (Phi) is 6.08. The molecule has 3 N–H and O–H groups in total. The number of nitrogens with one attached hydrogen (secondary N) is 3. The van der Waals surface area contributed by atoms with E-state index in [0.717, 1.165) is 23.3 Å². The smallest absolute Gasteiger partial charge is 0.287 e. The Morgan fingerprint density at radius 1 is 1.15 bits per heavy atom. The van der Waals surface area contributed by atoms with Gasteiger partial charge in [0.05, 0.1) is 14.2 Å². The van der Waals surface area contributed by atoms with Gasteiger partial charge in [0.15, 0.2) is 12.6 Å². The molecule has 0 saturated heterocycles. The number of amides is 2.